The monoisotopic (exact) mass is 370 g/mol. The number of carbonyl (C=O) groups is 1. The van der Waals surface area contributed by atoms with Crippen molar-refractivity contribution >= 4 is 34.7 Å². The number of furan rings is 1. The molecule has 3 heterocycles. The number of thiazole rings is 1. The maximum absolute atomic E-state index is 12.7. The minimum absolute atomic E-state index is 0.170. The van der Waals surface area contributed by atoms with Gasteiger partial charge in [0.25, 0.3) is 0 Å². The van der Waals surface area contributed by atoms with Crippen LogP contribution in [-0.2, 0) is 17.0 Å². The number of thioether (sulfide) groups is 1. The number of para-hydroxylation sites is 1. The summed E-state index contributed by atoms with van der Waals surface area (Å²) in [6.07, 6.45) is 2.59. The number of aromatic nitrogens is 1. The molecule has 2 aromatic heterocycles. The second kappa shape index (κ2) is 7.06. The van der Waals surface area contributed by atoms with Crippen molar-refractivity contribution in [1.29, 1.82) is 0 Å². The van der Waals surface area contributed by atoms with Gasteiger partial charge in [0.2, 0.25) is 5.91 Å². The molecule has 0 fully saturated rings. The molecule has 0 saturated heterocycles. The molecule has 1 aliphatic heterocycles. The molecule has 3 aromatic rings. The highest BCUT2D eigenvalue weighted by atomic mass is 32.2. The molecule has 25 heavy (non-hydrogen) atoms. The third-order valence-corrected chi connectivity index (χ3v) is 6.09. The zero-order chi connectivity index (χ0) is 17.2. The normalized spacial score (nSPS) is 16.2. The van der Waals surface area contributed by atoms with Gasteiger partial charge in [0, 0.05) is 22.9 Å². The van der Waals surface area contributed by atoms with Gasteiger partial charge >= 0.3 is 0 Å². The lowest BCUT2D eigenvalue weighted by atomic mass is 10.1. The van der Waals surface area contributed by atoms with E-state index in [0.29, 0.717) is 5.75 Å². The predicted octanol–water partition coefficient (Wildman–Crippen LogP) is 4.61. The molecule has 0 bridgehead atoms. The summed E-state index contributed by atoms with van der Waals surface area (Å²) in [5.41, 5.74) is 3.31. The minimum atomic E-state index is 0.170. The van der Waals surface area contributed by atoms with Crippen molar-refractivity contribution in [1.82, 2.24) is 4.98 Å². The molecule has 1 aromatic carbocycles. The molecule has 0 saturated carbocycles. The minimum Gasteiger partial charge on any atom is -0.462 e. The van der Waals surface area contributed by atoms with Gasteiger partial charge in [-0.2, -0.15) is 0 Å². The molecule has 0 unspecified atom stereocenters. The number of benzene rings is 1. The predicted molar refractivity (Wildman–Crippen MR) is 103 cm³/mol. The van der Waals surface area contributed by atoms with Gasteiger partial charge in [-0.05, 0) is 37.1 Å². The third kappa shape index (κ3) is 3.37. The standard InChI is InChI=1S/C19H18N2O2S2/c1-13-9-14-5-2-3-6-16(14)21(13)18(22)12-24-10-15-11-25-19(20-15)17-7-4-8-23-17/h2-8,11,13H,9-10,12H2,1H3/t13-/m1/s1. The lowest BCUT2D eigenvalue weighted by molar-refractivity contribution is -0.116. The van der Waals surface area contributed by atoms with Crippen LogP contribution >= 0.6 is 23.1 Å². The summed E-state index contributed by atoms with van der Waals surface area (Å²) in [7, 11) is 0. The Balaban J connectivity index is 1.35. The first-order valence-corrected chi connectivity index (χ1v) is 10.2. The third-order valence-electron chi connectivity index (χ3n) is 4.24. The van der Waals surface area contributed by atoms with Crippen molar-refractivity contribution in [2.24, 2.45) is 0 Å². The summed E-state index contributed by atoms with van der Waals surface area (Å²) in [6.45, 7) is 2.11. The van der Waals surface area contributed by atoms with Gasteiger partial charge in [-0.3, -0.25) is 4.79 Å². The van der Waals surface area contributed by atoms with Crippen LogP contribution in [-0.4, -0.2) is 22.7 Å². The lowest BCUT2D eigenvalue weighted by Gasteiger charge is -2.22. The Morgan fingerprint density at radius 3 is 3.08 bits per heavy atom. The second-order valence-electron chi connectivity index (χ2n) is 6.06. The van der Waals surface area contributed by atoms with E-state index in [9.17, 15) is 4.79 Å². The molecular weight excluding hydrogens is 352 g/mol. The lowest BCUT2D eigenvalue weighted by Crippen LogP contribution is -2.37. The number of hydrogen-bond acceptors (Lipinski definition) is 5. The molecule has 0 aliphatic carbocycles. The molecule has 0 N–H and O–H groups in total. The number of amides is 1. The summed E-state index contributed by atoms with van der Waals surface area (Å²) in [4.78, 5) is 19.2. The Morgan fingerprint density at radius 1 is 1.36 bits per heavy atom. The van der Waals surface area contributed by atoms with Crippen LogP contribution in [0.4, 0.5) is 5.69 Å². The first-order valence-electron chi connectivity index (χ1n) is 8.18. The molecule has 4 nitrogen and oxygen atoms in total. The molecule has 1 aliphatic rings. The second-order valence-corrected chi connectivity index (χ2v) is 7.90. The van der Waals surface area contributed by atoms with Gasteiger partial charge in [0.15, 0.2) is 10.8 Å². The summed E-state index contributed by atoms with van der Waals surface area (Å²) in [6, 6.07) is 12.2. The van der Waals surface area contributed by atoms with E-state index in [4.69, 9.17) is 4.42 Å². The van der Waals surface area contributed by atoms with Crippen molar-refractivity contribution in [2.45, 2.75) is 25.1 Å². The molecule has 0 spiro atoms. The van der Waals surface area contributed by atoms with E-state index in [1.165, 1.54) is 5.56 Å². The number of anilines is 1. The fraction of sp³-hybridized carbons (Fsp3) is 0.263. The maximum Gasteiger partial charge on any atom is 0.237 e. The highest BCUT2D eigenvalue weighted by Gasteiger charge is 2.30. The molecule has 128 valence electrons. The van der Waals surface area contributed by atoms with Crippen LogP contribution < -0.4 is 4.90 Å². The molecular formula is C19H18N2O2S2. The average Bonchev–Trinajstić information content (AvgIpc) is 3.33. The van der Waals surface area contributed by atoms with Crippen LogP contribution in [0, 0.1) is 0 Å². The SMILES string of the molecule is C[C@@H]1Cc2ccccc2N1C(=O)CSCc1csc(-c2ccco2)n1. The van der Waals surface area contributed by atoms with Crippen LogP contribution in [0.15, 0.2) is 52.5 Å². The van der Waals surface area contributed by atoms with Gasteiger partial charge in [0.1, 0.15) is 0 Å². The van der Waals surface area contributed by atoms with E-state index < -0.39 is 0 Å². The number of nitrogens with zero attached hydrogens (tertiary/aromatic N) is 2. The van der Waals surface area contributed by atoms with Gasteiger partial charge in [-0.25, -0.2) is 4.98 Å². The fourth-order valence-electron chi connectivity index (χ4n) is 3.14. The Morgan fingerprint density at radius 2 is 2.24 bits per heavy atom. The van der Waals surface area contributed by atoms with Crippen molar-refractivity contribution in [3.8, 4) is 10.8 Å². The van der Waals surface area contributed by atoms with E-state index in [-0.39, 0.29) is 11.9 Å². The Bertz CT molecular complexity index is 873. The fourth-order valence-corrected chi connectivity index (χ4v) is 4.81. The van der Waals surface area contributed by atoms with E-state index in [1.807, 2.05) is 40.6 Å². The Hall–Kier alpha value is -2.05. The Labute approximate surface area is 154 Å². The van der Waals surface area contributed by atoms with Gasteiger partial charge in [-0.15, -0.1) is 23.1 Å². The number of carbonyl (C=O) groups excluding carboxylic acids is 1. The van der Waals surface area contributed by atoms with Crippen molar-refractivity contribution in [3.63, 3.8) is 0 Å². The van der Waals surface area contributed by atoms with E-state index in [0.717, 1.165) is 34.3 Å². The quantitative estimate of drug-likeness (QED) is 0.658. The van der Waals surface area contributed by atoms with Crippen molar-refractivity contribution < 1.29 is 9.21 Å². The zero-order valence-electron chi connectivity index (χ0n) is 13.8. The van der Waals surface area contributed by atoms with Crippen LogP contribution in [0.3, 0.4) is 0 Å². The Kier molecular flexibility index (Phi) is 4.63. The van der Waals surface area contributed by atoms with Crippen LogP contribution in [0.2, 0.25) is 0 Å². The number of rotatable bonds is 5. The van der Waals surface area contributed by atoms with Crippen LogP contribution in [0.1, 0.15) is 18.2 Å². The first-order chi connectivity index (χ1) is 12.2. The summed E-state index contributed by atoms with van der Waals surface area (Å²) in [5, 5.41) is 2.91. The highest BCUT2D eigenvalue weighted by Crippen LogP contribution is 2.32. The summed E-state index contributed by atoms with van der Waals surface area (Å²) >= 11 is 3.18. The van der Waals surface area contributed by atoms with Crippen LogP contribution in [0.25, 0.3) is 10.8 Å². The zero-order valence-corrected chi connectivity index (χ0v) is 15.5. The number of fused-ring (bicyclic) bond motifs is 1. The van der Waals surface area contributed by atoms with Gasteiger partial charge in [-0.1, -0.05) is 18.2 Å². The van der Waals surface area contributed by atoms with Gasteiger partial charge in [0.05, 0.1) is 17.7 Å². The topological polar surface area (TPSA) is 46.3 Å². The largest absolute Gasteiger partial charge is 0.462 e. The molecule has 0 radical (unpaired) electrons. The number of hydrogen-bond donors (Lipinski definition) is 0. The first kappa shape index (κ1) is 16.4. The maximum atomic E-state index is 12.7. The van der Waals surface area contributed by atoms with E-state index >= 15 is 0 Å². The summed E-state index contributed by atoms with van der Waals surface area (Å²) < 4.78 is 5.37. The van der Waals surface area contributed by atoms with E-state index in [2.05, 4.69) is 18.0 Å². The smallest absolute Gasteiger partial charge is 0.237 e. The molecule has 1 amide bonds. The molecule has 1 atom stereocenters. The molecule has 4 rings (SSSR count). The average molecular weight is 370 g/mol. The van der Waals surface area contributed by atoms with Crippen molar-refractivity contribution in [2.75, 3.05) is 10.7 Å². The molecule has 6 heteroatoms. The van der Waals surface area contributed by atoms with Gasteiger partial charge < -0.3 is 9.32 Å². The summed E-state index contributed by atoms with van der Waals surface area (Å²) in [5.74, 6) is 2.16. The van der Waals surface area contributed by atoms with E-state index in [1.54, 1.807) is 29.4 Å². The van der Waals surface area contributed by atoms with Crippen molar-refractivity contribution in [3.05, 3.63) is 59.3 Å². The highest BCUT2D eigenvalue weighted by molar-refractivity contribution is 7.99. The van der Waals surface area contributed by atoms with Crippen LogP contribution in [0.5, 0.6) is 0 Å².